The lowest BCUT2D eigenvalue weighted by Crippen LogP contribution is -2.10. The standard InChI is InChI=1S/C26H24O3/c1-2-26(27)29-18-17-28-21-14-11-20(12-15-21)23-9-5-6-10-24(23)25-16-13-19-7-3-4-8-22(19)25/h2-12,14-15,25H,1,13,16-18H2. The average molecular weight is 384 g/mol. The van der Waals surface area contributed by atoms with E-state index in [0.717, 1.165) is 24.7 Å². The van der Waals surface area contributed by atoms with Crippen molar-refractivity contribution < 1.29 is 14.3 Å². The molecule has 0 saturated carbocycles. The number of esters is 1. The third-order valence-corrected chi connectivity index (χ3v) is 5.40. The van der Waals surface area contributed by atoms with E-state index in [4.69, 9.17) is 9.47 Å². The molecule has 0 aromatic heterocycles. The topological polar surface area (TPSA) is 35.5 Å². The summed E-state index contributed by atoms with van der Waals surface area (Å²) in [6, 6.07) is 25.5. The number of carbonyl (C=O) groups is 1. The summed E-state index contributed by atoms with van der Waals surface area (Å²) < 4.78 is 10.6. The van der Waals surface area contributed by atoms with Gasteiger partial charge in [0.05, 0.1) is 0 Å². The maximum absolute atomic E-state index is 11.0. The third kappa shape index (κ3) is 4.24. The first-order valence-electron chi connectivity index (χ1n) is 9.95. The first-order valence-corrected chi connectivity index (χ1v) is 9.95. The summed E-state index contributed by atoms with van der Waals surface area (Å²) >= 11 is 0. The quantitative estimate of drug-likeness (QED) is 0.305. The normalized spacial score (nSPS) is 14.8. The minimum absolute atomic E-state index is 0.205. The van der Waals surface area contributed by atoms with Gasteiger partial charge in [-0.1, -0.05) is 67.2 Å². The molecule has 0 radical (unpaired) electrons. The summed E-state index contributed by atoms with van der Waals surface area (Å²) in [4.78, 5) is 11.0. The van der Waals surface area contributed by atoms with Crippen LogP contribution < -0.4 is 4.74 Å². The monoisotopic (exact) mass is 384 g/mol. The van der Waals surface area contributed by atoms with Crippen molar-refractivity contribution in [3.63, 3.8) is 0 Å². The molecule has 0 fully saturated rings. The number of rotatable bonds is 7. The van der Waals surface area contributed by atoms with Gasteiger partial charge < -0.3 is 9.47 Å². The molecule has 3 nitrogen and oxygen atoms in total. The van der Waals surface area contributed by atoms with E-state index < -0.39 is 5.97 Å². The fourth-order valence-electron chi connectivity index (χ4n) is 4.04. The van der Waals surface area contributed by atoms with Crippen LogP contribution in [-0.2, 0) is 16.0 Å². The van der Waals surface area contributed by atoms with E-state index in [-0.39, 0.29) is 6.61 Å². The smallest absolute Gasteiger partial charge is 0.330 e. The summed E-state index contributed by atoms with van der Waals surface area (Å²) in [5.74, 6) is 0.763. The van der Waals surface area contributed by atoms with Gasteiger partial charge in [0.25, 0.3) is 0 Å². The number of fused-ring (bicyclic) bond motifs is 1. The van der Waals surface area contributed by atoms with Gasteiger partial charge in [0.15, 0.2) is 0 Å². The largest absolute Gasteiger partial charge is 0.490 e. The molecule has 0 amide bonds. The number of ether oxygens (including phenoxy) is 2. The van der Waals surface area contributed by atoms with Crippen LogP contribution >= 0.6 is 0 Å². The predicted molar refractivity (Wildman–Crippen MR) is 115 cm³/mol. The van der Waals surface area contributed by atoms with Crippen LogP contribution in [0, 0.1) is 0 Å². The number of benzene rings is 3. The zero-order valence-corrected chi connectivity index (χ0v) is 16.3. The van der Waals surface area contributed by atoms with E-state index in [1.54, 1.807) is 0 Å². The fourth-order valence-corrected chi connectivity index (χ4v) is 4.04. The molecule has 0 saturated heterocycles. The molecule has 3 aromatic carbocycles. The molecule has 1 unspecified atom stereocenters. The van der Waals surface area contributed by atoms with Crippen LogP contribution in [0.4, 0.5) is 0 Å². The summed E-state index contributed by atoms with van der Waals surface area (Å²) in [6.45, 7) is 3.89. The molecule has 29 heavy (non-hydrogen) atoms. The molecular weight excluding hydrogens is 360 g/mol. The molecule has 4 rings (SSSR count). The van der Waals surface area contributed by atoms with Crippen molar-refractivity contribution in [1.82, 2.24) is 0 Å². The molecular formula is C26H24O3. The van der Waals surface area contributed by atoms with Crippen LogP contribution in [0.1, 0.15) is 29.0 Å². The van der Waals surface area contributed by atoms with Crippen molar-refractivity contribution in [3.05, 3.63) is 102 Å². The van der Waals surface area contributed by atoms with Gasteiger partial charge in [-0.05, 0) is 52.8 Å². The minimum Gasteiger partial charge on any atom is -0.490 e. The maximum Gasteiger partial charge on any atom is 0.330 e. The van der Waals surface area contributed by atoms with Crippen LogP contribution in [0.15, 0.2) is 85.5 Å². The SMILES string of the molecule is C=CC(=O)OCCOc1ccc(-c2ccccc2C2CCc3ccccc32)cc1. The lowest BCUT2D eigenvalue weighted by atomic mass is 9.87. The van der Waals surface area contributed by atoms with Gasteiger partial charge in [-0.15, -0.1) is 0 Å². The molecule has 1 atom stereocenters. The zero-order chi connectivity index (χ0) is 20.1. The first-order chi connectivity index (χ1) is 14.3. The Balaban J connectivity index is 1.50. The second-order valence-electron chi connectivity index (χ2n) is 7.12. The molecule has 3 heteroatoms. The van der Waals surface area contributed by atoms with E-state index in [2.05, 4.69) is 67.2 Å². The molecule has 0 aliphatic heterocycles. The van der Waals surface area contributed by atoms with E-state index in [1.165, 1.54) is 27.8 Å². The lowest BCUT2D eigenvalue weighted by molar-refractivity contribution is -0.138. The minimum atomic E-state index is -0.436. The molecule has 0 bridgehead atoms. The maximum atomic E-state index is 11.0. The summed E-state index contributed by atoms with van der Waals surface area (Å²) in [5, 5.41) is 0. The van der Waals surface area contributed by atoms with Gasteiger partial charge in [0.2, 0.25) is 0 Å². The highest BCUT2D eigenvalue weighted by atomic mass is 16.6. The van der Waals surface area contributed by atoms with E-state index in [9.17, 15) is 4.79 Å². The van der Waals surface area contributed by atoms with Gasteiger partial charge >= 0.3 is 5.97 Å². The van der Waals surface area contributed by atoms with Crippen molar-refractivity contribution in [3.8, 4) is 16.9 Å². The summed E-state index contributed by atoms with van der Waals surface area (Å²) in [6.07, 6.45) is 3.44. The second-order valence-corrected chi connectivity index (χ2v) is 7.12. The summed E-state index contributed by atoms with van der Waals surface area (Å²) in [7, 11) is 0. The van der Waals surface area contributed by atoms with Crippen molar-refractivity contribution in [2.24, 2.45) is 0 Å². The van der Waals surface area contributed by atoms with Gasteiger partial charge in [0.1, 0.15) is 19.0 Å². The van der Waals surface area contributed by atoms with Crippen LogP contribution in [0.25, 0.3) is 11.1 Å². The van der Waals surface area contributed by atoms with E-state index in [1.807, 2.05) is 12.1 Å². The number of aryl methyl sites for hydroxylation is 1. The Morgan fingerprint density at radius 2 is 1.66 bits per heavy atom. The highest BCUT2D eigenvalue weighted by Gasteiger charge is 2.25. The van der Waals surface area contributed by atoms with Gasteiger partial charge in [-0.2, -0.15) is 0 Å². The lowest BCUT2D eigenvalue weighted by Gasteiger charge is -2.17. The van der Waals surface area contributed by atoms with E-state index in [0.29, 0.717) is 12.5 Å². The molecule has 0 spiro atoms. The Kier molecular flexibility index (Phi) is 5.76. The van der Waals surface area contributed by atoms with Gasteiger partial charge in [-0.3, -0.25) is 0 Å². The molecule has 0 N–H and O–H groups in total. The van der Waals surface area contributed by atoms with Crippen LogP contribution in [-0.4, -0.2) is 19.2 Å². The average Bonchev–Trinajstić information content (AvgIpc) is 3.21. The van der Waals surface area contributed by atoms with Gasteiger partial charge in [-0.25, -0.2) is 4.79 Å². The van der Waals surface area contributed by atoms with Crippen molar-refractivity contribution >= 4 is 5.97 Å². The van der Waals surface area contributed by atoms with Crippen molar-refractivity contribution in [1.29, 1.82) is 0 Å². The molecule has 3 aromatic rings. The second kappa shape index (κ2) is 8.78. The fraction of sp³-hybridized carbons (Fsp3) is 0.192. The molecule has 146 valence electrons. The first kappa shape index (κ1) is 19.0. The third-order valence-electron chi connectivity index (χ3n) is 5.40. The Morgan fingerprint density at radius 1 is 0.931 bits per heavy atom. The molecule has 1 aliphatic rings. The molecule has 1 aliphatic carbocycles. The Morgan fingerprint density at radius 3 is 2.45 bits per heavy atom. The van der Waals surface area contributed by atoms with Gasteiger partial charge in [0, 0.05) is 12.0 Å². The Labute approximate surface area is 171 Å². The Hall–Kier alpha value is -3.33. The highest BCUT2D eigenvalue weighted by Crippen LogP contribution is 2.41. The predicted octanol–water partition coefficient (Wildman–Crippen LogP) is 5.54. The zero-order valence-electron chi connectivity index (χ0n) is 16.3. The molecule has 0 heterocycles. The van der Waals surface area contributed by atoms with Crippen LogP contribution in [0.2, 0.25) is 0 Å². The van der Waals surface area contributed by atoms with Crippen molar-refractivity contribution in [2.75, 3.05) is 13.2 Å². The number of hydrogen-bond donors (Lipinski definition) is 0. The van der Waals surface area contributed by atoms with Crippen molar-refractivity contribution in [2.45, 2.75) is 18.8 Å². The van der Waals surface area contributed by atoms with Crippen LogP contribution in [0.5, 0.6) is 5.75 Å². The Bertz CT molecular complexity index is 1000. The number of hydrogen-bond acceptors (Lipinski definition) is 3. The van der Waals surface area contributed by atoms with Crippen LogP contribution in [0.3, 0.4) is 0 Å². The summed E-state index contributed by atoms with van der Waals surface area (Å²) in [5.41, 5.74) is 6.74. The highest BCUT2D eigenvalue weighted by molar-refractivity contribution is 5.81. The van der Waals surface area contributed by atoms with E-state index >= 15 is 0 Å². The number of carbonyl (C=O) groups excluding carboxylic acids is 1.